The number of carbonyl (C=O) groups excluding carboxylic acids is 3. The van der Waals surface area contributed by atoms with Gasteiger partial charge in [0.1, 0.15) is 0 Å². The van der Waals surface area contributed by atoms with Crippen molar-refractivity contribution in [3.8, 4) is 28.4 Å². The SMILES string of the molecule is COC(=O)CCC(=O)Oc1cc2c(c(OC)c1OC)-c1ccc(SC)c(=O)cc1[C@@H](NC(C)=O)CC2. The molecule has 0 unspecified atom stereocenters. The van der Waals surface area contributed by atoms with Crippen LogP contribution in [0.3, 0.4) is 0 Å². The molecule has 10 heteroatoms. The van der Waals surface area contributed by atoms with Crippen molar-refractivity contribution >= 4 is 29.6 Å². The van der Waals surface area contributed by atoms with Crippen LogP contribution >= 0.6 is 11.8 Å². The number of hydrogen-bond donors (Lipinski definition) is 1. The summed E-state index contributed by atoms with van der Waals surface area (Å²) < 4.78 is 21.5. The second-order valence-corrected chi connectivity index (χ2v) is 8.94. The van der Waals surface area contributed by atoms with Crippen LogP contribution in [-0.4, -0.2) is 45.4 Å². The lowest BCUT2D eigenvalue weighted by Gasteiger charge is -2.20. The highest BCUT2D eigenvalue weighted by Gasteiger charge is 2.30. The van der Waals surface area contributed by atoms with E-state index in [-0.39, 0.29) is 35.7 Å². The Balaban J connectivity index is 2.21. The number of carbonyl (C=O) groups is 3. The lowest BCUT2D eigenvalue weighted by Crippen LogP contribution is -2.26. The molecule has 0 aliphatic heterocycles. The van der Waals surface area contributed by atoms with E-state index in [1.807, 2.05) is 12.3 Å². The first kappa shape index (κ1) is 27.1. The van der Waals surface area contributed by atoms with Gasteiger partial charge >= 0.3 is 11.9 Å². The summed E-state index contributed by atoms with van der Waals surface area (Å²) in [5, 5.41) is 2.95. The average molecular weight is 516 g/mol. The number of ether oxygens (including phenoxy) is 4. The van der Waals surface area contributed by atoms with Gasteiger partial charge in [0.15, 0.2) is 16.9 Å². The van der Waals surface area contributed by atoms with Crippen LogP contribution in [0.4, 0.5) is 0 Å². The summed E-state index contributed by atoms with van der Waals surface area (Å²) in [6.07, 6.45) is 2.54. The summed E-state index contributed by atoms with van der Waals surface area (Å²) >= 11 is 1.34. The van der Waals surface area contributed by atoms with E-state index in [9.17, 15) is 19.2 Å². The third kappa shape index (κ3) is 5.81. The molecule has 0 heterocycles. The largest absolute Gasteiger partial charge is 0.492 e. The summed E-state index contributed by atoms with van der Waals surface area (Å²) in [6.45, 7) is 1.43. The Kier molecular flexibility index (Phi) is 8.98. The summed E-state index contributed by atoms with van der Waals surface area (Å²) in [5.74, 6) is -0.680. The molecule has 2 aromatic carbocycles. The minimum absolute atomic E-state index is 0.114. The van der Waals surface area contributed by atoms with Gasteiger partial charge in [-0.25, -0.2) is 0 Å². The molecule has 0 saturated heterocycles. The van der Waals surface area contributed by atoms with Gasteiger partial charge in [0.25, 0.3) is 0 Å². The van der Waals surface area contributed by atoms with E-state index in [1.165, 1.54) is 40.0 Å². The average Bonchev–Trinajstić information content (AvgIpc) is 3.10. The van der Waals surface area contributed by atoms with Crippen LogP contribution in [0, 0.1) is 0 Å². The topological polar surface area (TPSA) is 117 Å². The van der Waals surface area contributed by atoms with E-state index in [4.69, 9.17) is 14.2 Å². The fourth-order valence-corrected chi connectivity index (χ4v) is 4.73. The van der Waals surface area contributed by atoms with E-state index in [0.717, 1.165) is 5.56 Å². The molecule has 1 atom stereocenters. The molecule has 36 heavy (non-hydrogen) atoms. The maximum Gasteiger partial charge on any atom is 0.311 e. The highest BCUT2D eigenvalue weighted by molar-refractivity contribution is 7.98. The van der Waals surface area contributed by atoms with Gasteiger partial charge in [-0.1, -0.05) is 6.07 Å². The Hall–Kier alpha value is -3.53. The zero-order valence-corrected chi connectivity index (χ0v) is 21.7. The number of fused-ring (bicyclic) bond motifs is 3. The lowest BCUT2D eigenvalue weighted by molar-refractivity contribution is -0.144. The molecule has 0 spiro atoms. The first-order valence-electron chi connectivity index (χ1n) is 11.3. The van der Waals surface area contributed by atoms with Crippen LogP contribution in [0.25, 0.3) is 11.1 Å². The number of methoxy groups -OCH3 is 3. The molecule has 0 radical (unpaired) electrons. The molecule has 0 aromatic heterocycles. The molecule has 2 aromatic rings. The molecule has 0 fully saturated rings. The molecule has 9 nitrogen and oxygen atoms in total. The van der Waals surface area contributed by atoms with Crippen LogP contribution in [0.2, 0.25) is 0 Å². The summed E-state index contributed by atoms with van der Waals surface area (Å²) in [6, 6.07) is 6.43. The molecule has 1 aliphatic rings. The Morgan fingerprint density at radius 3 is 2.33 bits per heavy atom. The predicted octanol–water partition coefficient (Wildman–Crippen LogP) is 3.43. The van der Waals surface area contributed by atoms with Gasteiger partial charge in [-0.15, -0.1) is 11.8 Å². The first-order valence-corrected chi connectivity index (χ1v) is 12.5. The number of benzene rings is 1. The Labute approximate surface area is 213 Å². The smallest absolute Gasteiger partial charge is 0.311 e. The summed E-state index contributed by atoms with van der Waals surface area (Å²) in [5.41, 5.74) is 2.70. The first-order chi connectivity index (χ1) is 17.2. The van der Waals surface area contributed by atoms with Gasteiger partial charge in [0.2, 0.25) is 11.7 Å². The monoisotopic (exact) mass is 515 g/mol. The zero-order chi connectivity index (χ0) is 26.4. The quantitative estimate of drug-likeness (QED) is 0.320. The maximum atomic E-state index is 12.9. The van der Waals surface area contributed by atoms with Crippen LogP contribution in [0.15, 0.2) is 34.0 Å². The number of aryl methyl sites for hydroxylation is 1. The molecule has 1 amide bonds. The summed E-state index contributed by atoms with van der Waals surface area (Å²) in [7, 11) is 4.16. The van der Waals surface area contributed by atoms with Gasteiger partial charge in [0, 0.05) is 12.5 Å². The van der Waals surface area contributed by atoms with Crippen molar-refractivity contribution in [2.75, 3.05) is 27.6 Å². The standard InChI is InChI=1S/C26H29NO8S/c1-14(28)27-18-8-6-15-12-20(35-23(31)11-10-22(30)32-2)25(33-3)26(34-4)24(15)16-7-9-21(36-5)19(29)13-17(16)18/h7,9,12-13,18H,6,8,10-11H2,1-5H3,(H,27,28)/t18-/m0/s1. The third-order valence-electron chi connectivity index (χ3n) is 5.86. The number of hydrogen-bond acceptors (Lipinski definition) is 9. The Morgan fingerprint density at radius 1 is 1.03 bits per heavy atom. The highest BCUT2D eigenvalue weighted by Crippen LogP contribution is 2.50. The number of esters is 2. The van der Waals surface area contributed by atoms with Crippen molar-refractivity contribution in [1.29, 1.82) is 0 Å². The number of amides is 1. The summed E-state index contributed by atoms with van der Waals surface area (Å²) in [4.78, 5) is 49.3. The van der Waals surface area contributed by atoms with Crippen LogP contribution in [0.5, 0.6) is 17.2 Å². The van der Waals surface area contributed by atoms with Gasteiger partial charge in [0.05, 0.1) is 45.1 Å². The minimum Gasteiger partial charge on any atom is -0.492 e. The lowest BCUT2D eigenvalue weighted by atomic mass is 9.95. The van der Waals surface area contributed by atoms with Crippen molar-refractivity contribution in [3.05, 3.63) is 45.6 Å². The number of thioether (sulfide) groups is 1. The van der Waals surface area contributed by atoms with Gasteiger partial charge in [-0.3, -0.25) is 19.2 Å². The molecule has 3 rings (SSSR count). The van der Waals surface area contributed by atoms with Crippen molar-refractivity contribution in [2.45, 2.75) is 43.5 Å². The zero-order valence-electron chi connectivity index (χ0n) is 20.9. The molecule has 1 aliphatic carbocycles. The minimum atomic E-state index is -0.627. The van der Waals surface area contributed by atoms with Crippen LogP contribution < -0.4 is 25.0 Å². The van der Waals surface area contributed by atoms with Crippen LogP contribution in [-0.2, 0) is 25.5 Å². The van der Waals surface area contributed by atoms with Crippen molar-refractivity contribution in [1.82, 2.24) is 5.32 Å². The van der Waals surface area contributed by atoms with E-state index in [0.29, 0.717) is 40.2 Å². The predicted molar refractivity (Wildman–Crippen MR) is 135 cm³/mol. The molecule has 192 valence electrons. The molecule has 0 bridgehead atoms. The van der Waals surface area contributed by atoms with E-state index in [1.54, 1.807) is 18.2 Å². The molecular weight excluding hydrogens is 486 g/mol. The van der Waals surface area contributed by atoms with Crippen LogP contribution in [0.1, 0.15) is 43.4 Å². The highest BCUT2D eigenvalue weighted by atomic mass is 32.2. The maximum absolute atomic E-state index is 12.9. The molecular formula is C26H29NO8S. The second-order valence-electron chi connectivity index (χ2n) is 8.10. The number of nitrogens with one attached hydrogen (secondary N) is 1. The third-order valence-corrected chi connectivity index (χ3v) is 6.64. The van der Waals surface area contributed by atoms with Crippen molar-refractivity contribution in [2.24, 2.45) is 0 Å². The molecule has 0 saturated carbocycles. The number of rotatable bonds is 8. The van der Waals surface area contributed by atoms with Gasteiger partial charge in [-0.05, 0) is 54.0 Å². The van der Waals surface area contributed by atoms with E-state index in [2.05, 4.69) is 10.1 Å². The van der Waals surface area contributed by atoms with E-state index < -0.39 is 18.0 Å². The van der Waals surface area contributed by atoms with E-state index >= 15 is 0 Å². The Morgan fingerprint density at radius 2 is 1.72 bits per heavy atom. The van der Waals surface area contributed by atoms with Gasteiger partial charge in [-0.2, -0.15) is 0 Å². The van der Waals surface area contributed by atoms with Gasteiger partial charge < -0.3 is 24.3 Å². The molecule has 1 N–H and O–H groups in total. The fraction of sp³-hybridized carbons (Fsp3) is 0.385. The Bertz CT molecular complexity index is 1240. The van der Waals surface area contributed by atoms with Crippen molar-refractivity contribution in [3.63, 3.8) is 0 Å². The normalized spacial score (nSPS) is 14.0. The van der Waals surface area contributed by atoms with Crippen molar-refractivity contribution < 1.29 is 33.3 Å². The fourth-order valence-electron chi connectivity index (χ4n) is 4.27. The second kappa shape index (κ2) is 11.9.